The first-order chi connectivity index (χ1) is 53.5. The van der Waals surface area contributed by atoms with Crippen LogP contribution in [0.1, 0.15) is 0 Å². The van der Waals surface area contributed by atoms with Gasteiger partial charge in [-0.2, -0.15) is 0 Å². The Morgan fingerprint density at radius 3 is 0.870 bits per heavy atom. The molecule has 0 spiro atoms. The lowest BCUT2D eigenvalue weighted by atomic mass is 10.0. The smallest absolute Gasteiger partial charge is 0.0554 e. The molecule has 4 aromatic heterocycles. The van der Waals surface area contributed by atoms with E-state index in [1.807, 2.05) is 45.3 Å². The fourth-order valence-corrected chi connectivity index (χ4v) is 20.2. The second-order valence-electron chi connectivity index (χ2n) is 27.1. The molecule has 0 N–H and O–H groups in total. The lowest BCUT2D eigenvalue weighted by Gasteiger charge is -2.27. The Morgan fingerprint density at radius 1 is 0.148 bits per heavy atom. The third-order valence-corrected chi connectivity index (χ3v) is 25.2. The summed E-state index contributed by atoms with van der Waals surface area (Å²) in [7, 11) is 0. The van der Waals surface area contributed by atoms with E-state index in [-0.39, 0.29) is 0 Å². The molecule has 0 radical (unpaired) electrons. The van der Waals surface area contributed by atoms with Crippen molar-refractivity contribution in [2.45, 2.75) is 0 Å². The van der Waals surface area contributed by atoms with Crippen molar-refractivity contribution in [3.05, 3.63) is 400 Å². The van der Waals surface area contributed by atoms with Gasteiger partial charge in [-0.25, -0.2) is 0 Å². The molecule has 8 heteroatoms. The van der Waals surface area contributed by atoms with Gasteiger partial charge < -0.3 is 19.6 Å². The minimum atomic E-state index is 1.12. The van der Waals surface area contributed by atoms with Gasteiger partial charge in [0.05, 0.1) is 11.4 Å². The Balaban J connectivity index is 0.000000143. The monoisotopic (exact) mass is 1450 g/mol. The zero-order valence-electron chi connectivity index (χ0n) is 58.5. The molecule has 0 atom stereocenters. The fraction of sp³-hybridized carbons (Fsp3) is 0. The van der Waals surface area contributed by atoms with Crippen LogP contribution in [0.5, 0.6) is 0 Å². The summed E-state index contributed by atoms with van der Waals surface area (Å²) < 4.78 is 10.3. The topological polar surface area (TPSA) is 13.0 Å². The van der Waals surface area contributed by atoms with Crippen molar-refractivity contribution >= 4 is 205 Å². The number of para-hydroxylation sites is 4. The second kappa shape index (κ2) is 27.8. The molecule has 510 valence electrons. The maximum absolute atomic E-state index is 2.46. The van der Waals surface area contributed by atoms with Crippen LogP contribution in [0.2, 0.25) is 0 Å². The average molecular weight is 1450 g/mol. The predicted molar refractivity (Wildman–Crippen MR) is 472 cm³/mol. The molecule has 4 nitrogen and oxygen atoms in total. The number of benzene rings is 17. The molecule has 0 bridgehead atoms. The quantitative estimate of drug-likeness (QED) is 0.108. The molecule has 108 heavy (non-hydrogen) atoms. The fourth-order valence-electron chi connectivity index (χ4n) is 15.6. The van der Waals surface area contributed by atoms with Gasteiger partial charge in [0.25, 0.3) is 0 Å². The molecule has 17 aromatic carbocycles. The summed E-state index contributed by atoms with van der Waals surface area (Å²) in [5.41, 5.74) is 18.5. The van der Waals surface area contributed by atoms with Crippen LogP contribution in [-0.2, 0) is 0 Å². The molecule has 4 heterocycles. The standard InChI is InChI=1S/C52H34N2S2.C48H32N2S2/c1-3-14-39(15-4-1)53(40-16-5-2-6-17-40)42-29-31-46-51(33-42)56-49-21-11-19-47(52(46)49)54(43-28-30-45-44-18-9-10-20-48(44)55-50(45)34-43)41-26-24-36(25-27-41)38-23-22-35-12-7-8-13-37(35)32-38;1-4-13-33(14-5-1)34-23-25-37(26-24-34)50(39-27-29-41-40-19-10-11-21-44(40)51-46(41)32-39)43-20-12-22-45-48(43)42-30-28-38(31-47(42)52-45)49(35-15-6-2-7-16-35)36-17-8-3-9-18-36/h1-34H;1-32H. The van der Waals surface area contributed by atoms with Crippen LogP contribution in [-0.4, -0.2) is 0 Å². The number of hydrogen-bond donors (Lipinski definition) is 0. The molecule has 21 rings (SSSR count). The highest BCUT2D eigenvalue weighted by Crippen LogP contribution is 2.51. The third-order valence-electron chi connectivity index (χ3n) is 20.7. The van der Waals surface area contributed by atoms with Crippen LogP contribution in [0.3, 0.4) is 0 Å². The number of nitrogens with zero attached hydrogens (tertiary/aromatic N) is 4. The maximum atomic E-state index is 2.46. The average Bonchev–Trinajstić information content (AvgIpc) is 1.58. The van der Waals surface area contributed by atoms with E-state index in [1.165, 1.54) is 125 Å². The zero-order chi connectivity index (χ0) is 71.4. The van der Waals surface area contributed by atoms with Crippen molar-refractivity contribution in [2.24, 2.45) is 0 Å². The molecular formula is C100H66N4S4. The van der Waals surface area contributed by atoms with E-state index in [1.54, 1.807) is 0 Å². The van der Waals surface area contributed by atoms with Gasteiger partial charge in [-0.05, 0) is 197 Å². The van der Waals surface area contributed by atoms with Crippen LogP contribution in [0.4, 0.5) is 68.2 Å². The van der Waals surface area contributed by atoms with Gasteiger partial charge in [0.15, 0.2) is 0 Å². The van der Waals surface area contributed by atoms with Crippen molar-refractivity contribution in [2.75, 3.05) is 19.6 Å². The highest BCUT2D eigenvalue weighted by molar-refractivity contribution is 7.27. The summed E-state index contributed by atoms with van der Waals surface area (Å²) in [4.78, 5) is 9.58. The third kappa shape index (κ3) is 11.9. The molecule has 0 unspecified atom stereocenters. The minimum Gasteiger partial charge on any atom is -0.310 e. The van der Waals surface area contributed by atoms with Gasteiger partial charge in [-0.3, -0.25) is 0 Å². The van der Waals surface area contributed by atoms with Crippen LogP contribution < -0.4 is 19.6 Å². The number of anilines is 12. The van der Waals surface area contributed by atoms with E-state index in [0.29, 0.717) is 0 Å². The predicted octanol–water partition coefficient (Wildman–Crippen LogP) is 31.2. The molecule has 0 aliphatic carbocycles. The van der Waals surface area contributed by atoms with Crippen LogP contribution in [0.15, 0.2) is 400 Å². The highest BCUT2D eigenvalue weighted by Gasteiger charge is 2.25. The summed E-state index contributed by atoms with van der Waals surface area (Å²) in [6.07, 6.45) is 0. The normalized spacial score (nSPS) is 11.5. The maximum Gasteiger partial charge on any atom is 0.0554 e. The van der Waals surface area contributed by atoms with E-state index in [9.17, 15) is 0 Å². The zero-order valence-corrected chi connectivity index (χ0v) is 61.8. The van der Waals surface area contributed by atoms with E-state index in [0.717, 1.165) is 56.9 Å². The Morgan fingerprint density at radius 2 is 0.435 bits per heavy atom. The van der Waals surface area contributed by atoms with E-state index < -0.39 is 0 Å². The number of rotatable bonds is 14. The van der Waals surface area contributed by atoms with Crippen LogP contribution in [0.25, 0.3) is 114 Å². The van der Waals surface area contributed by atoms with E-state index in [4.69, 9.17) is 0 Å². The lowest BCUT2D eigenvalue weighted by molar-refractivity contribution is 1.29. The summed E-state index contributed by atoms with van der Waals surface area (Å²) in [6, 6.07) is 145. The van der Waals surface area contributed by atoms with Gasteiger partial charge in [0, 0.05) is 138 Å². The van der Waals surface area contributed by atoms with Crippen LogP contribution in [0, 0.1) is 0 Å². The van der Waals surface area contributed by atoms with Gasteiger partial charge in [-0.1, -0.05) is 237 Å². The summed E-state index contributed by atoms with van der Waals surface area (Å²) >= 11 is 7.45. The highest BCUT2D eigenvalue weighted by atomic mass is 32.1. The van der Waals surface area contributed by atoms with Crippen LogP contribution >= 0.6 is 45.3 Å². The molecule has 0 aliphatic rings. The van der Waals surface area contributed by atoms with Crippen molar-refractivity contribution in [3.63, 3.8) is 0 Å². The van der Waals surface area contributed by atoms with Gasteiger partial charge in [-0.15, -0.1) is 45.3 Å². The summed E-state index contributed by atoms with van der Waals surface area (Å²) in [5.74, 6) is 0. The van der Waals surface area contributed by atoms with E-state index >= 15 is 0 Å². The number of hydrogen-bond acceptors (Lipinski definition) is 8. The molecule has 21 aromatic rings. The van der Waals surface area contributed by atoms with Gasteiger partial charge in [0.1, 0.15) is 0 Å². The largest absolute Gasteiger partial charge is 0.310 e. The van der Waals surface area contributed by atoms with E-state index in [2.05, 4.69) is 420 Å². The first-order valence-electron chi connectivity index (χ1n) is 36.4. The summed E-state index contributed by atoms with van der Waals surface area (Å²) in [5, 5.41) is 12.8. The molecule has 0 fully saturated rings. The Bertz CT molecular complexity index is 6790. The van der Waals surface area contributed by atoms with Crippen molar-refractivity contribution in [3.8, 4) is 22.3 Å². The molecule has 0 aliphatic heterocycles. The molecular weight excluding hydrogens is 1390 g/mol. The number of fused-ring (bicyclic) bond motifs is 13. The summed E-state index contributed by atoms with van der Waals surface area (Å²) in [6.45, 7) is 0. The number of thiophene rings is 4. The first kappa shape index (κ1) is 64.7. The lowest BCUT2D eigenvalue weighted by Crippen LogP contribution is -2.10. The SMILES string of the molecule is c1ccc(-c2ccc(N(c3ccc4c(c3)sc3ccccc34)c3cccc4sc5cc(N(c6ccccc6)c6ccccc6)ccc5c34)cc2)cc1.c1ccc(N(c2ccccc2)c2ccc3c(c2)sc2cccc(N(c4ccc(-c5ccc6ccccc6c5)cc4)c4ccc5c(c4)sc4ccccc45)c23)cc1. The van der Waals surface area contributed by atoms with Crippen molar-refractivity contribution in [1.29, 1.82) is 0 Å². The molecule has 0 saturated heterocycles. The Kier molecular flexibility index (Phi) is 16.7. The van der Waals surface area contributed by atoms with Gasteiger partial charge in [0.2, 0.25) is 0 Å². The van der Waals surface area contributed by atoms with Gasteiger partial charge >= 0.3 is 0 Å². The van der Waals surface area contributed by atoms with Crippen molar-refractivity contribution < 1.29 is 0 Å². The van der Waals surface area contributed by atoms with Crippen molar-refractivity contribution in [1.82, 2.24) is 0 Å². The minimum absolute atomic E-state index is 1.12. The Labute approximate surface area is 642 Å². The Hall–Kier alpha value is -12.9. The second-order valence-corrected chi connectivity index (χ2v) is 31.5. The molecule has 0 saturated carbocycles. The first-order valence-corrected chi connectivity index (χ1v) is 39.7. The molecule has 0 amide bonds.